The minimum Gasteiger partial charge on any atom is -0.391 e. The molecule has 0 aliphatic heterocycles. The fourth-order valence-electron chi connectivity index (χ4n) is 1.31. The first kappa shape index (κ1) is 9.19. The van der Waals surface area contributed by atoms with Gasteiger partial charge in [-0.25, -0.2) is 0 Å². The van der Waals surface area contributed by atoms with Gasteiger partial charge in [-0.05, 0) is 36.1 Å². The minimum absolute atomic E-state index is 0.135. The molecule has 0 bridgehead atoms. The van der Waals surface area contributed by atoms with E-state index >= 15 is 0 Å². The zero-order valence-corrected chi connectivity index (χ0v) is 9.58. The Kier molecular flexibility index (Phi) is 2.41. The first-order valence-electron chi connectivity index (χ1n) is 4.00. The van der Waals surface area contributed by atoms with Gasteiger partial charge in [0.05, 0.1) is 6.61 Å². The van der Waals surface area contributed by atoms with E-state index in [-0.39, 0.29) is 6.61 Å². The van der Waals surface area contributed by atoms with Crippen molar-refractivity contribution in [3.05, 3.63) is 33.1 Å². The Hall–Kier alpha value is -0.380. The van der Waals surface area contributed by atoms with E-state index in [2.05, 4.69) is 35.0 Å². The average molecular weight is 257 g/mol. The summed E-state index contributed by atoms with van der Waals surface area (Å²) in [5.41, 5.74) is 1.23. The summed E-state index contributed by atoms with van der Waals surface area (Å²) in [6.45, 7) is 2.20. The average Bonchev–Trinajstić information content (AvgIpc) is 2.48. The van der Waals surface area contributed by atoms with Gasteiger partial charge in [0.2, 0.25) is 0 Å². The van der Waals surface area contributed by atoms with Crippen LogP contribution in [0.5, 0.6) is 0 Å². The van der Waals surface area contributed by atoms with Gasteiger partial charge in [-0.15, -0.1) is 11.3 Å². The van der Waals surface area contributed by atoms with E-state index in [1.807, 2.05) is 6.07 Å². The number of aryl methyl sites for hydroxylation is 1. The third-order valence-corrected chi connectivity index (χ3v) is 3.94. The van der Waals surface area contributed by atoms with Gasteiger partial charge in [-0.1, -0.05) is 15.9 Å². The van der Waals surface area contributed by atoms with Crippen molar-refractivity contribution in [3.8, 4) is 0 Å². The molecule has 0 atom stereocenters. The molecule has 0 saturated heterocycles. The van der Waals surface area contributed by atoms with Gasteiger partial charge in [0.1, 0.15) is 0 Å². The Bertz CT molecular complexity index is 408. The van der Waals surface area contributed by atoms with E-state index in [4.69, 9.17) is 5.11 Å². The fourth-order valence-corrected chi connectivity index (χ4v) is 2.75. The maximum atomic E-state index is 8.98. The summed E-state index contributed by atoms with van der Waals surface area (Å²) in [6, 6.07) is 6.28. The summed E-state index contributed by atoms with van der Waals surface area (Å²) in [5, 5.41) is 10.2. The molecule has 0 fully saturated rings. The summed E-state index contributed by atoms with van der Waals surface area (Å²) in [7, 11) is 0. The highest BCUT2D eigenvalue weighted by atomic mass is 79.9. The molecule has 0 aliphatic rings. The van der Waals surface area contributed by atoms with Gasteiger partial charge < -0.3 is 5.11 Å². The molecule has 2 aromatic rings. The lowest BCUT2D eigenvalue weighted by Gasteiger charge is -1.96. The molecule has 1 nitrogen and oxygen atoms in total. The summed E-state index contributed by atoms with van der Waals surface area (Å²) < 4.78 is 2.35. The standard InChI is InChI=1S/C10H9BrOS/c1-6-2-7-3-8(5-12)13-10(7)4-9(6)11/h2-4,12H,5H2,1H3. The van der Waals surface area contributed by atoms with Crippen molar-refractivity contribution in [1.29, 1.82) is 0 Å². The van der Waals surface area contributed by atoms with E-state index < -0.39 is 0 Å². The second-order valence-corrected chi connectivity index (χ2v) is 5.03. The quantitative estimate of drug-likeness (QED) is 0.829. The van der Waals surface area contributed by atoms with E-state index in [1.54, 1.807) is 11.3 Å². The van der Waals surface area contributed by atoms with Crippen molar-refractivity contribution in [3.63, 3.8) is 0 Å². The Balaban J connectivity index is 2.70. The first-order chi connectivity index (χ1) is 6.20. The third kappa shape index (κ3) is 1.64. The number of aliphatic hydroxyl groups is 1. The molecule has 1 aromatic heterocycles. The summed E-state index contributed by atoms with van der Waals surface area (Å²) in [6.07, 6.45) is 0. The Labute approximate surface area is 89.1 Å². The molecular weight excluding hydrogens is 248 g/mol. The van der Waals surface area contributed by atoms with Crippen LogP contribution in [0.4, 0.5) is 0 Å². The van der Waals surface area contributed by atoms with Crippen LogP contribution in [0, 0.1) is 6.92 Å². The van der Waals surface area contributed by atoms with Gasteiger partial charge in [0.15, 0.2) is 0 Å². The molecule has 1 aromatic carbocycles. The number of aliphatic hydroxyl groups excluding tert-OH is 1. The molecule has 0 unspecified atom stereocenters. The maximum absolute atomic E-state index is 8.98. The molecule has 1 N–H and O–H groups in total. The smallest absolute Gasteiger partial charge is 0.0774 e. The van der Waals surface area contributed by atoms with Gasteiger partial charge in [0, 0.05) is 14.0 Å². The van der Waals surface area contributed by atoms with Crippen molar-refractivity contribution in [2.24, 2.45) is 0 Å². The normalized spacial score (nSPS) is 11.0. The van der Waals surface area contributed by atoms with Crippen LogP contribution in [0.3, 0.4) is 0 Å². The second kappa shape index (κ2) is 3.40. The largest absolute Gasteiger partial charge is 0.391 e. The van der Waals surface area contributed by atoms with Crippen molar-refractivity contribution in [2.75, 3.05) is 0 Å². The van der Waals surface area contributed by atoms with Crippen LogP contribution in [-0.4, -0.2) is 5.11 Å². The molecule has 0 aliphatic carbocycles. The van der Waals surface area contributed by atoms with Crippen molar-refractivity contribution >= 4 is 37.4 Å². The molecule has 0 saturated carbocycles. The van der Waals surface area contributed by atoms with Crippen LogP contribution in [0.1, 0.15) is 10.4 Å². The van der Waals surface area contributed by atoms with Crippen LogP contribution < -0.4 is 0 Å². The van der Waals surface area contributed by atoms with Crippen LogP contribution in [-0.2, 0) is 6.61 Å². The number of thiophene rings is 1. The SMILES string of the molecule is Cc1cc2cc(CO)sc2cc1Br. The van der Waals surface area contributed by atoms with Crippen LogP contribution in [0.15, 0.2) is 22.7 Å². The lowest BCUT2D eigenvalue weighted by Crippen LogP contribution is -1.73. The second-order valence-electron chi connectivity index (χ2n) is 3.01. The molecule has 0 amide bonds. The van der Waals surface area contributed by atoms with Crippen LogP contribution in [0.25, 0.3) is 10.1 Å². The lowest BCUT2D eigenvalue weighted by molar-refractivity contribution is 0.285. The van der Waals surface area contributed by atoms with E-state index in [9.17, 15) is 0 Å². The predicted octanol–water partition coefficient (Wildman–Crippen LogP) is 3.46. The van der Waals surface area contributed by atoms with Gasteiger partial charge >= 0.3 is 0 Å². The summed E-state index contributed by atoms with van der Waals surface area (Å²) >= 11 is 5.13. The highest BCUT2D eigenvalue weighted by molar-refractivity contribution is 9.10. The maximum Gasteiger partial charge on any atom is 0.0774 e. The fraction of sp³-hybridized carbons (Fsp3) is 0.200. The number of hydrogen-bond acceptors (Lipinski definition) is 2. The van der Waals surface area contributed by atoms with E-state index in [1.165, 1.54) is 15.6 Å². The number of rotatable bonds is 1. The summed E-state index contributed by atoms with van der Waals surface area (Å²) in [4.78, 5) is 1.02. The van der Waals surface area contributed by atoms with Crippen molar-refractivity contribution < 1.29 is 5.11 Å². The number of halogens is 1. The highest BCUT2D eigenvalue weighted by Gasteiger charge is 2.03. The molecule has 0 spiro atoms. The lowest BCUT2D eigenvalue weighted by atomic mass is 10.2. The molecule has 1 heterocycles. The minimum atomic E-state index is 0.135. The van der Waals surface area contributed by atoms with Crippen molar-refractivity contribution in [2.45, 2.75) is 13.5 Å². The van der Waals surface area contributed by atoms with Gasteiger partial charge in [-0.3, -0.25) is 0 Å². The molecule has 68 valence electrons. The Morgan fingerprint density at radius 1 is 1.38 bits per heavy atom. The Morgan fingerprint density at radius 3 is 2.85 bits per heavy atom. The number of hydrogen-bond donors (Lipinski definition) is 1. The van der Waals surface area contributed by atoms with Gasteiger partial charge in [-0.2, -0.15) is 0 Å². The predicted molar refractivity (Wildman–Crippen MR) is 60.2 cm³/mol. The van der Waals surface area contributed by atoms with Crippen molar-refractivity contribution in [1.82, 2.24) is 0 Å². The Morgan fingerprint density at radius 2 is 2.15 bits per heavy atom. The molecule has 13 heavy (non-hydrogen) atoms. The molecule has 2 rings (SSSR count). The van der Waals surface area contributed by atoms with E-state index in [0.29, 0.717) is 0 Å². The van der Waals surface area contributed by atoms with E-state index in [0.717, 1.165) is 9.35 Å². The van der Waals surface area contributed by atoms with Crippen LogP contribution >= 0.6 is 27.3 Å². The highest BCUT2D eigenvalue weighted by Crippen LogP contribution is 2.30. The summed E-state index contributed by atoms with van der Waals surface area (Å²) in [5.74, 6) is 0. The van der Waals surface area contributed by atoms with Crippen LogP contribution in [0.2, 0.25) is 0 Å². The molecule has 3 heteroatoms. The number of benzene rings is 1. The zero-order valence-electron chi connectivity index (χ0n) is 7.17. The first-order valence-corrected chi connectivity index (χ1v) is 5.61. The number of fused-ring (bicyclic) bond motifs is 1. The molecule has 0 radical (unpaired) electrons. The molecular formula is C10H9BrOS. The zero-order chi connectivity index (χ0) is 9.42. The topological polar surface area (TPSA) is 20.2 Å². The third-order valence-electron chi connectivity index (χ3n) is 2.00. The monoisotopic (exact) mass is 256 g/mol. The van der Waals surface area contributed by atoms with Gasteiger partial charge in [0.25, 0.3) is 0 Å².